The van der Waals surface area contributed by atoms with Crippen LogP contribution in [0.1, 0.15) is 60.8 Å². The first-order chi connectivity index (χ1) is 17.7. The summed E-state index contributed by atoms with van der Waals surface area (Å²) in [5.74, 6) is 0.699. The Morgan fingerprint density at radius 3 is 2.50 bits per heavy atom. The van der Waals surface area contributed by atoms with Gasteiger partial charge in [-0.15, -0.1) is 5.10 Å². The zero-order valence-electron chi connectivity index (χ0n) is 20.4. The second-order valence-electron chi connectivity index (χ2n) is 9.30. The highest BCUT2D eigenvalue weighted by molar-refractivity contribution is 5.97. The molecule has 0 unspecified atom stereocenters. The van der Waals surface area contributed by atoms with Crippen molar-refractivity contribution in [2.24, 2.45) is 5.92 Å². The first-order valence-electron chi connectivity index (χ1n) is 12.5. The molecule has 8 nitrogen and oxygen atoms in total. The Morgan fingerprint density at radius 1 is 1.06 bits per heavy atom. The number of benzene rings is 2. The fraction of sp³-hybridized carbons (Fsp3) is 0.321. The number of hydrogen-bond donors (Lipinski definition) is 2. The van der Waals surface area contributed by atoms with Crippen molar-refractivity contribution in [2.75, 3.05) is 0 Å². The Bertz CT molecular complexity index is 1410. The summed E-state index contributed by atoms with van der Waals surface area (Å²) in [5.41, 5.74) is 4.94. The first-order valence-corrected chi connectivity index (χ1v) is 12.5. The summed E-state index contributed by atoms with van der Waals surface area (Å²) >= 11 is 0. The Balaban J connectivity index is 1.43. The van der Waals surface area contributed by atoms with Gasteiger partial charge in [-0.1, -0.05) is 79.9 Å². The van der Waals surface area contributed by atoms with E-state index < -0.39 is 0 Å². The summed E-state index contributed by atoms with van der Waals surface area (Å²) in [4.78, 5) is 29.2. The van der Waals surface area contributed by atoms with Crippen LogP contribution in [0.5, 0.6) is 0 Å². The third-order valence-corrected chi connectivity index (χ3v) is 6.99. The quantitative estimate of drug-likeness (QED) is 0.273. The average molecular weight is 483 g/mol. The van der Waals surface area contributed by atoms with Crippen LogP contribution in [0.15, 0.2) is 65.5 Å². The minimum atomic E-state index is -0.235. The van der Waals surface area contributed by atoms with Crippen molar-refractivity contribution in [1.82, 2.24) is 30.2 Å². The molecule has 1 saturated carbocycles. The summed E-state index contributed by atoms with van der Waals surface area (Å²) in [6.45, 7) is 2.34. The molecule has 2 heterocycles. The lowest BCUT2D eigenvalue weighted by Gasteiger charge is -2.20. The predicted octanol–water partition coefficient (Wildman–Crippen LogP) is 4.95. The van der Waals surface area contributed by atoms with Gasteiger partial charge in [-0.2, -0.15) is 0 Å². The van der Waals surface area contributed by atoms with Crippen molar-refractivity contribution in [2.45, 2.75) is 52.0 Å². The SMILES string of the molecule is CC=CCc1c(C(=O)C2CCCCC2)[nH]c(=O)n1Cc1ccc(-c2ccccc2-c2nnn[nH]2)cc1. The second kappa shape index (κ2) is 10.7. The Morgan fingerprint density at radius 2 is 1.81 bits per heavy atom. The maximum atomic E-state index is 13.3. The number of H-pyrrole nitrogens is 2. The minimum Gasteiger partial charge on any atom is -0.303 e. The number of carbonyl (C=O) groups excluding carboxylic acids is 1. The summed E-state index contributed by atoms with van der Waals surface area (Å²) < 4.78 is 1.71. The number of rotatable bonds is 8. The fourth-order valence-electron chi connectivity index (χ4n) is 5.07. The molecule has 8 heteroatoms. The van der Waals surface area contributed by atoms with E-state index in [1.807, 2.05) is 67.6 Å². The zero-order valence-corrected chi connectivity index (χ0v) is 20.4. The topological polar surface area (TPSA) is 109 Å². The van der Waals surface area contributed by atoms with Gasteiger partial charge in [-0.3, -0.25) is 9.36 Å². The van der Waals surface area contributed by atoms with Gasteiger partial charge in [0, 0.05) is 17.9 Å². The molecule has 0 atom stereocenters. The van der Waals surface area contributed by atoms with Gasteiger partial charge in [0.1, 0.15) is 5.69 Å². The molecule has 2 N–H and O–H groups in total. The molecule has 2 aromatic heterocycles. The molecule has 0 spiro atoms. The number of hydrogen-bond acceptors (Lipinski definition) is 5. The van der Waals surface area contributed by atoms with Crippen LogP contribution in [0.2, 0.25) is 0 Å². The van der Waals surface area contributed by atoms with Gasteiger partial charge in [-0.25, -0.2) is 9.89 Å². The van der Waals surface area contributed by atoms with Crippen molar-refractivity contribution < 1.29 is 4.79 Å². The van der Waals surface area contributed by atoms with Crippen molar-refractivity contribution in [3.8, 4) is 22.5 Å². The highest BCUT2D eigenvalue weighted by atomic mass is 16.2. The van der Waals surface area contributed by atoms with Gasteiger partial charge in [0.15, 0.2) is 11.6 Å². The first kappa shape index (κ1) is 23.7. The van der Waals surface area contributed by atoms with Crippen LogP contribution >= 0.6 is 0 Å². The van der Waals surface area contributed by atoms with E-state index in [0.717, 1.165) is 53.6 Å². The van der Waals surface area contributed by atoms with Crippen LogP contribution < -0.4 is 5.69 Å². The summed E-state index contributed by atoms with van der Waals surface area (Å²) in [6.07, 6.45) is 9.64. The number of carbonyl (C=O) groups is 1. The number of imidazole rings is 1. The number of tetrazole rings is 1. The zero-order chi connectivity index (χ0) is 24.9. The van der Waals surface area contributed by atoms with E-state index in [2.05, 4.69) is 25.6 Å². The lowest BCUT2D eigenvalue weighted by atomic mass is 9.84. The van der Waals surface area contributed by atoms with Gasteiger partial charge in [0.2, 0.25) is 0 Å². The van der Waals surface area contributed by atoms with E-state index >= 15 is 0 Å². The van der Waals surface area contributed by atoms with Crippen LogP contribution in [0.25, 0.3) is 22.5 Å². The second-order valence-corrected chi connectivity index (χ2v) is 9.30. The maximum Gasteiger partial charge on any atom is 0.326 e. The molecular formula is C28H30N6O2. The normalized spacial score (nSPS) is 14.5. The molecule has 0 saturated heterocycles. The highest BCUT2D eigenvalue weighted by Crippen LogP contribution is 2.30. The molecule has 0 aliphatic heterocycles. The van der Waals surface area contributed by atoms with Crippen LogP contribution in [-0.2, 0) is 13.0 Å². The van der Waals surface area contributed by atoms with Gasteiger partial charge in [0.25, 0.3) is 0 Å². The van der Waals surface area contributed by atoms with E-state index in [4.69, 9.17) is 0 Å². The van der Waals surface area contributed by atoms with E-state index in [9.17, 15) is 9.59 Å². The lowest BCUT2D eigenvalue weighted by molar-refractivity contribution is 0.0883. The van der Waals surface area contributed by atoms with Crippen LogP contribution in [0.4, 0.5) is 0 Å². The van der Waals surface area contributed by atoms with Gasteiger partial charge < -0.3 is 4.98 Å². The molecule has 184 valence electrons. The standard InChI is InChI=1S/C28H30N6O2/c1-2-3-13-24-25(26(35)21-9-5-4-6-10-21)29-28(36)34(24)18-19-14-16-20(17-15-19)22-11-7-8-12-23(22)27-30-32-33-31-27/h2-3,7-8,11-12,14-17,21H,4-6,9-10,13,18H2,1H3,(H,29,36)(H,30,31,32,33). The van der Waals surface area contributed by atoms with E-state index in [1.165, 1.54) is 6.42 Å². The largest absolute Gasteiger partial charge is 0.326 e. The number of Topliss-reactive ketones (excluding diaryl/α,β-unsaturated/α-hetero) is 1. The molecule has 0 radical (unpaired) electrons. The van der Waals surface area contributed by atoms with Crippen molar-refractivity contribution in [3.05, 3.63) is 88.1 Å². The molecule has 0 bridgehead atoms. The maximum absolute atomic E-state index is 13.3. The number of allylic oxidation sites excluding steroid dienone is 2. The van der Waals surface area contributed by atoms with E-state index in [1.54, 1.807) is 4.57 Å². The van der Waals surface area contributed by atoms with Crippen LogP contribution in [0.3, 0.4) is 0 Å². The van der Waals surface area contributed by atoms with Crippen LogP contribution in [-0.4, -0.2) is 36.0 Å². The van der Waals surface area contributed by atoms with Crippen molar-refractivity contribution in [1.29, 1.82) is 0 Å². The minimum absolute atomic E-state index is 0.00789. The highest BCUT2D eigenvalue weighted by Gasteiger charge is 2.27. The third-order valence-electron chi connectivity index (χ3n) is 6.99. The molecule has 36 heavy (non-hydrogen) atoms. The number of aromatic nitrogens is 6. The molecular weight excluding hydrogens is 452 g/mol. The van der Waals surface area contributed by atoms with Gasteiger partial charge in [0.05, 0.1) is 12.2 Å². The van der Waals surface area contributed by atoms with Gasteiger partial charge >= 0.3 is 5.69 Å². The van der Waals surface area contributed by atoms with Crippen molar-refractivity contribution in [3.63, 3.8) is 0 Å². The monoisotopic (exact) mass is 482 g/mol. The third kappa shape index (κ3) is 4.84. The number of nitrogens with one attached hydrogen (secondary N) is 2. The molecule has 4 aromatic rings. The summed E-state index contributed by atoms with van der Waals surface area (Å²) in [5, 5.41) is 14.3. The van der Waals surface area contributed by atoms with Crippen molar-refractivity contribution >= 4 is 5.78 Å². The number of ketones is 1. The summed E-state index contributed by atoms with van der Waals surface area (Å²) in [7, 11) is 0. The van der Waals surface area contributed by atoms with E-state index in [-0.39, 0.29) is 17.4 Å². The molecule has 2 aromatic carbocycles. The number of aromatic amines is 2. The van der Waals surface area contributed by atoms with Crippen LogP contribution in [0, 0.1) is 5.92 Å². The van der Waals surface area contributed by atoms with E-state index in [0.29, 0.717) is 24.5 Å². The Hall–Kier alpha value is -4.07. The van der Waals surface area contributed by atoms with Gasteiger partial charge in [-0.05, 0) is 46.9 Å². The molecule has 5 rings (SSSR count). The molecule has 1 aliphatic carbocycles. The molecule has 1 fully saturated rings. The lowest BCUT2D eigenvalue weighted by Crippen LogP contribution is -2.20. The summed E-state index contributed by atoms with van der Waals surface area (Å²) in [6, 6.07) is 16.1. The molecule has 0 amide bonds. The Labute approximate surface area is 209 Å². The molecule has 1 aliphatic rings. The predicted molar refractivity (Wildman–Crippen MR) is 139 cm³/mol. The smallest absolute Gasteiger partial charge is 0.303 e. The average Bonchev–Trinajstić information content (AvgIpc) is 3.57. The fourth-order valence-corrected chi connectivity index (χ4v) is 5.07. The Kier molecular flexibility index (Phi) is 7.02. The number of nitrogens with zero attached hydrogens (tertiary/aromatic N) is 4.